The molecule has 3 aromatic carbocycles. The molecule has 0 saturated heterocycles. The molecule has 0 saturated carbocycles. The number of rotatable bonds is 9. The predicted octanol–water partition coefficient (Wildman–Crippen LogP) is 6.59. The van der Waals surface area contributed by atoms with E-state index in [0.717, 1.165) is 34.5 Å². The fourth-order valence-corrected chi connectivity index (χ4v) is 4.19. The van der Waals surface area contributed by atoms with Crippen LogP contribution in [0.4, 0.5) is 13.2 Å². The quantitative estimate of drug-likeness (QED) is 0.176. The van der Waals surface area contributed by atoms with Crippen LogP contribution in [-0.4, -0.2) is 34.9 Å². The number of methoxy groups -OCH3 is 1. The second kappa shape index (κ2) is 12.9. The number of alkyl halides is 3. The van der Waals surface area contributed by atoms with Crippen LogP contribution in [0.25, 0.3) is 17.3 Å². The Labute approximate surface area is 230 Å². The molecule has 1 aromatic heterocycles. The molecule has 0 radical (unpaired) electrons. The van der Waals surface area contributed by atoms with Crippen molar-refractivity contribution in [2.75, 3.05) is 7.11 Å². The van der Waals surface area contributed by atoms with Gasteiger partial charge < -0.3 is 9.64 Å². The lowest BCUT2D eigenvalue weighted by Gasteiger charge is -2.29. The lowest BCUT2D eigenvalue weighted by atomic mass is 10.0. The molecular formula is C32H27F3N2O3. The first-order valence-corrected chi connectivity index (χ1v) is 12.5. The zero-order chi connectivity index (χ0) is 28.5. The van der Waals surface area contributed by atoms with Crippen molar-refractivity contribution in [2.24, 2.45) is 0 Å². The second-order valence-corrected chi connectivity index (χ2v) is 9.06. The summed E-state index contributed by atoms with van der Waals surface area (Å²) >= 11 is 0. The molecule has 4 aromatic rings. The molecule has 5 nitrogen and oxygen atoms in total. The summed E-state index contributed by atoms with van der Waals surface area (Å²) in [6, 6.07) is 25.9. The van der Waals surface area contributed by atoms with Crippen molar-refractivity contribution in [1.82, 2.24) is 9.88 Å². The van der Waals surface area contributed by atoms with Gasteiger partial charge in [0.05, 0.1) is 18.4 Å². The Hall–Kier alpha value is -4.72. The highest BCUT2D eigenvalue weighted by molar-refractivity contribution is 5.94. The standard InChI is InChI=1S/C32H27F3N2O3/c1-40-31(39)29(21-24-7-3-2-4-8-24)37(22-25-10-15-26(16-11-25)28-9-5-6-20-36-28)30(38)19-14-23-12-17-27(18-13-23)32(33,34)35/h2-20,29H,21-22H2,1H3. The lowest BCUT2D eigenvalue weighted by molar-refractivity contribution is -0.151. The molecule has 1 heterocycles. The van der Waals surface area contributed by atoms with E-state index in [1.54, 1.807) is 6.20 Å². The van der Waals surface area contributed by atoms with Gasteiger partial charge in [0, 0.05) is 30.8 Å². The normalized spacial score (nSPS) is 12.2. The molecule has 204 valence electrons. The van der Waals surface area contributed by atoms with E-state index in [2.05, 4.69) is 4.98 Å². The average molecular weight is 545 g/mol. The highest BCUT2D eigenvalue weighted by Gasteiger charge is 2.31. The van der Waals surface area contributed by atoms with Gasteiger partial charge in [-0.25, -0.2) is 4.79 Å². The highest BCUT2D eigenvalue weighted by atomic mass is 19.4. The Balaban J connectivity index is 1.63. The SMILES string of the molecule is COC(=O)C(Cc1ccccc1)N(Cc1ccc(-c2ccccn2)cc1)C(=O)C=Cc1ccc(C(F)(F)F)cc1. The van der Waals surface area contributed by atoms with Crippen LogP contribution in [0.15, 0.2) is 109 Å². The number of hydrogen-bond donors (Lipinski definition) is 0. The molecule has 8 heteroatoms. The summed E-state index contributed by atoms with van der Waals surface area (Å²) in [5, 5.41) is 0. The number of nitrogens with zero attached hydrogens (tertiary/aromatic N) is 2. The van der Waals surface area contributed by atoms with Gasteiger partial charge in [-0.15, -0.1) is 0 Å². The number of hydrogen-bond acceptors (Lipinski definition) is 4. The van der Waals surface area contributed by atoms with E-state index in [4.69, 9.17) is 4.74 Å². The smallest absolute Gasteiger partial charge is 0.416 e. The van der Waals surface area contributed by atoms with Crippen LogP contribution in [0.1, 0.15) is 22.3 Å². The monoisotopic (exact) mass is 544 g/mol. The molecule has 0 spiro atoms. The number of halogens is 3. The third kappa shape index (κ3) is 7.44. The Bertz CT molecular complexity index is 1440. The van der Waals surface area contributed by atoms with Crippen LogP contribution >= 0.6 is 0 Å². The second-order valence-electron chi connectivity index (χ2n) is 9.06. The number of aromatic nitrogens is 1. The molecule has 0 fully saturated rings. The maximum Gasteiger partial charge on any atom is 0.416 e. The maximum atomic E-state index is 13.5. The number of amides is 1. The summed E-state index contributed by atoms with van der Waals surface area (Å²) in [6.45, 7) is 0.102. The number of pyridine rings is 1. The minimum absolute atomic E-state index is 0.102. The van der Waals surface area contributed by atoms with E-state index in [1.165, 1.54) is 36.3 Å². The van der Waals surface area contributed by atoms with Crippen molar-refractivity contribution in [2.45, 2.75) is 25.2 Å². The summed E-state index contributed by atoms with van der Waals surface area (Å²) in [7, 11) is 1.27. The topological polar surface area (TPSA) is 59.5 Å². The summed E-state index contributed by atoms with van der Waals surface area (Å²) < 4.78 is 43.8. The number of carbonyl (C=O) groups is 2. The van der Waals surface area contributed by atoms with Crippen LogP contribution in [0.2, 0.25) is 0 Å². The molecule has 40 heavy (non-hydrogen) atoms. The van der Waals surface area contributed by atoms with Crippen LogP contribution in [-0.2, 0) is 33.5 Å². The Morgan fingerprint density at radius 2 is 1.55 bits per heavy atom. The lowest BCUT2D eigenvalue weighted by Crippen LogP contribution is -2.46. The van der Waals surface area contributed by atoms with Crippen molar-refractivity contribution < 1.29 is 27.5 Å². The Morgan fingerprint density at radius 3 is 2.15 bits per heavy atom. The average Bonchev–Trinajstić information content (AvgIpc) is 2.98. The van der Waals surface area contributed by atoms with Gasteiger partial charge >= 0.3 is 12.1 Å². The summed E-state index contributed by atoms with van der Waals surface area (Å²) in [4.78, 5) is 32.2. The van der Waals surface area contributed by atoms with Crippen molar-refractivity contribution in [3.8, 4) is 11.3 Å². The van der Waals surface area contributed by atoms with E-state index in [9.17, 15) is 22.8 Å². The van der Waals surface area contributed by atoms with Crippen molar-refractivity contribution >= 4 is 18.0 Å². The predicted molar refractivity (Wildman–Crippen MR) is 147 cm³/mol. The van der Waals surface area contributed by atoms with Crippen LogP contribution in [0.5, 0.6) is 0 Å². The molecule has 0 aliphatic rings. The number of carbonyl (C=O) groups excluding carboxylic acids is 2. The van der Waals surface area contributed by atoms with Gasteiger partial charge in [0.25, 0.3) is 0 Å². The molecule has 1 atom stereocenters. The van der Waals surface area contributed by atoms with Crippen molar-refractivity contribution in [1.29, 1.82) is 0 Å². The maximum absolute atomic E-state index is 13.5. The van der Waals surface area contributed by atoms with Gasteiger partial charge in [-0.1, -0.05) is 72.8 Å². The molecule has 0 bridgehead atoms. The van der Waals surface area contributed by atoms with Gasteiger partial charge in [-0.3, -0.25) is 9.78 Å². The molecule has 0 N–H and O–H groups in total. The first-order chi connectivity index (χ1) is 19.2. The van der Waals surface area contributed by atoms with Crippen LogP contribution in [0.3, 0.4) is 0 Å². The van der Waals surface area contributed by atoms with E-state index in [-0.39, 0.29) is 13.0 Å². The van der Waals surface area contributed by atoms with Crippen molar-refractivity contribution in [3.05, 3.63) is 132 Å². The summed E-state index contributed by atoms with van der Waals surface area (Å²) in [5.74, 6) is -1.06. The zero-order valence-corrected chi connectivity index (χ0v) is 21.7. The molecule has 1 amide bonds. The Morgan fingerprint density at radius 1 is 0.875 bits per heavy atom. The first-order valence-electron chi connectivity index (χ1n) is 12.5. The molecule has 4 rings (SSSR count). The van der Waals surface area contributed by atoms with Gasteiger partial charge in [0.1, 0.15) is 6.04 Å². The molecule has 0 aliphatic carbocycles. The minimum Gasteiger partial charge on any atom is -0.467 e. The third-order valence-corrected chi connectivity index (χ3v) is 6.33. The highest BCUT2D eigenvalue weighted by Crippen LogP contribution is 2.29. The van der Waals surface area contributed by atoms with Gasteiger partial charge in [0.15, 0.2) is 0 Å². The van der Waals surface area contributed by atoms with Gasteiger partial charge in [-0.2, -0.15) is 13.2 Å². The summed E-state index contributed by atoms with van der Waals surface area (Å²) in [6.07, 6.45) is 0.158. The van der Waals surface area contributed by atoms with E-state index in [1.807, 2.05) is 72.8 Å². The van der Waals surface area contributed by atoms with Gasteiger partial charge in [0.2, 0.25) is 5.91 Å². The van der Waals surface area contributed by atoms with E-state index < -0.39 is 29.7 Å². The fourth-order valence-electron chi connectivity index (χ4n) is 4.19. The molecule has 0 aliphatic heterocycles. The summed E-state index contributed by atoms with van der Waals surface area (Å²) in [5.41, 5.74) is 2.96. The van der Waals surface area contributed by atoms with Crippen LogP contribution < -0.4 is 0 Å². The van der Waals surface area contributed by atoms with E-state index in [0.29, 0.717) is 5.56 Å². The van der Waals surface area contributed by atoms with Crippen molar-refractivity contribution in [3.63, 3.8) is 0 Å². The van der Waals surface area contributed by atoms with Crippen LogP contribution in [0, 0.1) is 0 Å². The number of esters is 1. The van der Waals surface area contributed by atoms with E-state index >= 15 is 0 Å². The largest absolute Gasteiger partial charge is 0.467 e. The minimum atomic E-state index is -4.45. The third-order valence-electron chi connectivity index (χ3n) is 6.33. The Kier molecular flexibility index (Phi) is 9.11. The molecule has 1 unspecified atom stereocenters. The fraction of sp³-hybridized carbons (Fsp3) is 0.156. The molecular weight excluding hydrogens is 517 g/mol. The first kappa shape index (κ1) is 28.3. The van der Waals surface area contributed by atoms with Gasteiger partial charge in [-0.05, 0) is 47.0 Å². The zero-order valence-electron chi connectivity index (χ0n) is 21.7. The number of ether oxygens (including phenoxy) is 1. The number of benzene rings is 3.